The molecule has 2 saturated carbocycles. The number of carbonyl (C=O) groups is 2. The third-order valence-electron chi connectivity index (χ3n) is 3.94. The molecule has 7 N–H and O–H groups in total. The van der Waals surface area contributed by atoms with E-state index in [2.05, 4.69) is 47.6 Å². The lowest BCUT2D eigenvalue weighted by atomic mass is 10.0. The topological polar surface area (TPSA) is 124 Å². The Hall–Kier alpha value is -1.12. The first-order valence-corrected chi connectivity index (χ1v) is 9.54. The van der Waals surface area contributed by atoms with E-state index >= 15 is 0 Å². The Labute approximate surface area is 165 Å². The average Bonchev–Trinajstić information content (AvgIpc) is 3.10. The van der Waals surface area contributed by atoms with Crippen LogP contribution < -0.4 is 22.5 Å². The number of carbonyl (C=O) groups excluding carboxylic acids is 2. The first-order chi connectivity index (χ1) is 11.7. The maximum atomic E-state index is 11.1. The molecule has 0 spiro atoms. The summed E-state index contributed by atoms with van der Waals surface area (Å²) < 4.78 is 0. The minimum atomic E-state index is -0.185. The summed E-state index contributed by atoms with van der Waals surface area (Å²) in [4.78, 5) is 21.5. The van der Waals surface area contributed by atoms with Gasteiger partial charge in [0.05, 0.1) is 19.3 Å². The zero-order valence-electron chi connectivity index (χ0n) is 14.3. The number of hydrogen-bond donors (Lipinski definition) is 4. The molecule has 142 valence electrons. The summed E-state index contributed by atoms with van der Waals surface area (Å²) in [6.07, 6.45) is 11.6. The molecule has 2 aliphatic rings. The van der Waals surface area contributed by atoms with Gasteiger partial charge in [-0.25, -0.2) is 0 Å². The third kappa shape index (κ3) is 16.1. The molecule has 2 aliphatic carbocycles. The van der Waals surface area contributed by atoms with E-state index in [0.29, 0.717) is 24.7 Å². The summed E-state index contributed by atoms with van der Waals surface area (Å²) in [5, 5.41) is 2.34. The van der Waals surface area contributed by atoms with E-state index < -0.39 is 0 Å². The van der Waals surface area contributed by atoms with Crippen molar-refractivity contribution in [1.82, 2.24) is 5.32 Å². The van der Waals surface area contributed by atoms with Crippen LogP contribution in [0.15, 0.2) is 0 Å². The van der Waals surface area contributed by atoms with Gasteiger partial charge in [0.15, 0.2) is 10.2 Å². The molecular weight excluding hydrogens is 380 g/mol. The van der Waals surface area contributed by atoms with E-state index in [4.69, 9.17) is 17.3 Å². The molecule has 9 heteroatoms. The van der Waals surface area contributed by atoms with Gasteiger partial charge in [0.25, 0.3) is 0 Å². The van der Waals surface area contributed by atoms with Gasteiger partial charge in [0.1, 0.15) is 0 Å². The Bertz CT molecular complexity index is 447. The lowest BCUT2D eigenvalue weighted by Gasteiger charge is -2.07. The molecule has 6 nitrogen and oxygen atoms in total. The number of rotatable bonds is 4. The van der Waals surface area contributed by atoms with E-state index in [-0.39, 0.29) is 21.4 Å². The van der Waals surface area contributed by atoms with Crippen molar-refractivity contribution in [1.29, 1.82) is 0 Å². The Morgan fingerprint density at radius 3 is 2.00 bits per heavy atom. The molecule has 0 bridgehead atoms. The van der Waals surface area contributed by atoms with Crippen LogP contribution in [0, 0.1) is 18.3 Å². The van der Waals surface area contributed by atoms with Crippen molar-refractivity contribution in [2.75, 3.05) is 0 Å². The number of thiocarbonyl (C=S) groups is 2. The first-order valence-electron chi connectivity index (χ1n) is 8.34. The molecule has 1 atom stereocenters. The maximum absolute atomic E-state index is 11.1. The van der Waals surface area contributed by atoms with Gasteiger partial charge >= 0.3 is 0 Å². The zero-order valence-corrected chi connectivity index (χ0v) is 16.7. The minimum absolute atomic E-state index is 0.000000000000000222. The van der Waals surface area contributed by atoms with E-state index in [0.717, 1.165) is 19.3 Å². The van der Waals surface area contributed by atoms with Crippen molar-refractivity contribution < 1.29 is 9.59 Å². The molecular formula is C16H28ClN4O2S2+. The quantitative estimate of drug-likeness (QED) is 0.320. The summed E-state index contributed by atoms with van der Waals surface area (Å²) in [5.74, 6) is 1.07. The Morgan fingerprint density at radius 2 is 1.60 bits per heavy atom. The molecule has 0 heterocycles. The molecule has 2 rings (SSSR count). The van der Waals surface area contributed by atoms with Gasteiger partial charge in [0.2, 0.25) is 11.1 Å². The highest BCUT2D eigenvalue weighted by Gasteiger charge is 2.23. The normalized spacial score (nSPS) is 18.7. The minimum Gasteiger partial charge on any atom is -0.377 e. The highest BCUT2D eigenvalue weighted by molar-refractivity contribution is 7.80. The molecule has 0 radical (unpaired) electrons. The van der Waals surface area contributed by atoms with E-state index in [9.17, 15) is 9.59 Å². The van der Waals surface area contributed by atoms with Gasteiger partial charge in [-0.05, 0) is 61.2 Å². The fourth-order valence-corrected chi connectivity index (χ4v) is 3.23. The van der Waals surface area contributed by atoms with Crippen molar-refractivity contribution in [3.63, 3.8) is 0 Å². The predicted molar refractivity (Wildman–Crippen MR) is 110 cm³/mol. The van der Waals surface area contributed by atoms with Crippen LogP contribution in [0.5, 0.6) is 0 Å². The lowest BCUT2D eigenvalue weighted by Crippen LogP contribution is -2.35. The summed E-state index contributed by atoms with van der Waals surface area (Å²) in [5.41, 5.74) is 14.4. The van der Waals surface area contributed by atoms with Crippen LogP contribution in [-0.4, -0.2) is 21.4 Å². The van der Waals surface area contributed by atoms with Gasteiger partial charge < -0.3 is 22.5 Å². The molecule has 0 aliphatic heterocycles. The zero-order chi connectivity index (χ0) is 19.2. The highest BCUT2D eigenvalue weighted by atomic mass is 35.5. The standard InChI is InChI=1S/C8H14N2OS.C7H10ClO.CH4N2S/c9-8(12)10-7(11)5-6-3-1-2-4-6;8-7(9)5-6-3-1-2-4-6;2-1(3)4/h6H,1-5H2,(H3,9,10,11,12);1,6H,2-5H2;(H4,2,3,4)/q;+1;. The molecule has 2 fully saturated rings. The Morgan fingerprint density at radius 1 is 1.04 bits per heavy atom. The summed E-state index contributed by atoms with van der Waals surface area (Å²) in [6.45, 7) is 0. The van der Waals surface area contributed by atoms with E-state index in [1.807, 2.05) is 0 Å². The fraction of sp³-hybridized carbons (Fsp3) is 0.688. The van der Waals surface area contributed by atoms with Crippen molar-refractivity contribution in [2.45, 2.75) is 57.8 Å². The number of hydrogen-bond acceptors (Lipinski definition) is 4. The smallest absolute Gasteiger partial charge is 0.226 e. The van der Waals surface area contributed by atoms with Crippen LogP contribution in [0.3, 0.4) is 0 Å². The van der Waals surface area contributed by atoms with Gasteiger partial charge in [0, 0.05) is 18.8 Å². The number of halogens is 1. The summed E-state index contributed by atoms with van der Waals surface area (Å²) >= 11 is 13.9. The van der Waals surface area contributed by atoms with Crippen LogP contribution in [0.2, 0.25) is 0 Å². The largest absolute Gasteiger partial charge is 0.377 e. The molecule has 1 amide bonds. The van der Waals surface area contributed by atoms with Gasteiger partial charge in [-0.2, -0.15) is 0 Å². The van der Waals surface area contributed by atoms with E-state index in [1.54, 1.807) is 0 Å². The van der Waals surface area contributed by atoms with E-state index in [1.165, 1.54) is 25.7 Å². The molecule has 1 unspecified atom stereocenters. The second kappa shape index (κ2) is 14.1. The third-order valence-corrected chi connectivity index (χ3v) is 4.20. The molecule has 25 heavy (non-hydrogen) atoms. The monoisotopic (exact) mass is 407 g/mol. The number of amides is 1. The highest BCUT2D eigenvalue weighted by Crippen LogP contribution is 2.27. The van der Waals surface area contributed by atoms with Gasteiger partial charge in [-0.3, -0.25) is 9.59 Å². The maximum Gasteiger partial charge on any atom is 0.226 e. The predicted octanol–water partition coefficient (Wildman–Crippen LogP) is 2.26. The second-order valence-corrected chi connectivity index (χ2v) is 7.53. The van der Waals surface area contributed by atoms with Crippen LogP contribution in [0.1, 0.15) is 57.8 Å². The summed E-state index contributed by atoms with van der Waals surface area (Å²) in [6, 6.07) is 0. The second-order valence-electron chi connectivity index (χ2n) is 6.20. The first kappa shape index (κ1) is 23.9. The summed E-state index contributed by atoms with van der Waals surface area (Å²) in [7, 11) is 0. The van der Waals surface area contributed by atoms with Crippen LogP contribution >= 0.6 is 36.0 Å². The Kier molecular flexibility index (Phi) is 13.5. The number of nitrogens with two attached hydrogens (primary N) is 3. The molecule has 0 aromatic carbocycles. The van der Waals surface area contributed by atoms with Gasteiger partial charge in [-0.15, -0.1) is 0 Å². The molecule has 0 aromatic heterocycles. The van der Waals surface area contributed by atoms with Crippen LogP contribution in [0.4, 0.5) is 0 Å². The number of nitrogens with one attached hydrogen (secondary N) is 1. The fourth-order valence-electron chi connectivity index (χ4n) is 2.90. The van der Waals surface area contributed by atoms with Crippen molar-refractivity contribution in [3.05, 3.63) is 6.42 Å². The van der Waals surface area contributed by atoms with Crippen molar-refractivity contribution in [3.8, 4) is 0 Å². The molecule has 0 saturated heterocycles. The SMILES string of the molecule is NC(=S)NC(=O)CC1CCCC1.NC(N)=S.O=C(Cl)CC1C[CH+]CC1. The average molecular weight is 408 g/mol. The lowest BCUT2D eigenvalue weighted by molar-refractivity contribution is -0.120. The van der Waals surface area contributed by atoms with Gasteiger partial charge in [-0.1, -0.05) is 12.8 Å². The van der Waals surface area contributed by atoms with Crippen LogP contribution in [0.25, 0.3) is 0 Å². The molecule has 0 aromatic rings. The Balaban J connectivity index is 0.000000391. The van der Waals surface area contributed by atoms with Crippen molar-refractivity contribution in [2.24, 2.45) is 29.0 Å². The van der Waals surface area contributed by atoms with Crippen LogP contribution in [-0.2, 0) is 9.59 Å². The van der Waals surface area contributed by atoms with Crippen molar-refractivity contribution >= 4 is 57.4 Å².